The van der Waals surface area contributed by atoms with Crippen molar-refractivity contribution in [2.24, 2.45) is 0 Å². The number of hydrogen-bond acceptors (Lipinski definition) is 4. The SMILES string of the molecule is CN(C)C1CCC(Nc2ncnc3[nH]cc(C(C)(C)C)c23)CC1. The Kier molecular flexibility index (Phi) is 4.32. The highest BCUT2D eigenvalue weighted by Gasteiger charge is 2.25. The van der Waals surface area contributed by atoms with Crippen molar-refractivity contribution < 1.29 is 0 Å². The van der Waals surface area contributed by atoms with Gasteiger partial charge in [0.25, 0.3) is 0 Å². The number of anilines is 1. The second-order valence-electron chi connectivity index (χ2n) is 8.01. The van der Waals surface area contributed by atoms with Crippen molar-refractivity contribution in [3.63, 3.8) is 0 Å². The topological polar surface area (TPSA) is 56.8 Å². The van der Waals surface area contributed by atoms with Gasteiger partial charge in [-0.25, -0.2) is 9.97 Å². The zero-order valence-corrected chi connectivity index (χ0v) is 15.0. The van der Waals surface area contributed by atoms with Crippen LogP contribution in [0.3, 0.4) is 0 Å². The maximum absolute atomic E-state index is 4.55. The van der Waals surface area contributed by atoms with Gasteiger partial charge in [0.1, 0.15) is 17.8 Å². The Hall–Kier alpha value is -1.62. The molecule has 2 aromatic rings. The van der Waals surface area contributed by atoms with Gasteiger partial charge in [-0.1, -0.05) is 20.8 Å². The Morgan fingerprint density at radius 3 is 2.43 bits per heavy atom. The van der Waals surface area contributed by atoms with E-state index in [9.17, 15) is 0 Å². The molecule has 0 aromatic carbocycles. The molecule has 1 fully saturated rings. The zero-order chi connectivity index (χ0) is 16.6. The highest BCUT2D eigenvalue weighted by molar-refractivity contribution is 5.91. The summed E-state index contributed by atoms with van der Waals surface area (Å²) in [5.74, 6) is 0.981. The van der Waals surface area contributed by atoms with Gasteiger partial charge in [-0.05, 0) is 50.8 Å². The molecule has 23 heavy (non-hydrogen) atoms. The van der Waals surface area contributed by atoms with Crippen molar-refractivity contribution in [2.75, 3.05) is 19.4 Å². The van der Waals surface area contributed by atoms with Crippen molar-refractivity contribution in [1.82, 2.24) is 19.9 Å². The summed E-state index contributed by atoms with van der Waals surface area (Å²) in [7, 11) is 4.36. The summed E-state index contributed by atoms with van der Waals surface area (Å²) in [5, 5.41) is 4.84. The highest BCUT2D eigenvalue weighted by atomic mass is 15.1. The summed E-state index contributed by atoms with van der Waals surface area (Å²) in [5.41, 5.74) is 2.27. The molecule has 0 aliphatic heterocycles. The molecule has 1 aliphatic carbocycles. The van der Waals surface area contributed by atoms with E-state index in [0.29, 0.717) is 6.04 Å². The molecule has 1 aliphatic rings. The molecule has 2 N–H and O–H groups in total. The fourth-order valence-corrected chi connectivity index (χ4v) is 3.59. The number of nitrogens with one attached hydrogen (secondary N) is 2. The standard InChI is InChI=1S/C18H29N5/c1-18(2,3)14-10-19-16-15(14)17(21-11-20-16)22-12-6-8-13(9-7-12)23(4)5/h10-13H,6-9H2,1-5H3,(H2,19,20,21,22). The van der Waals surface area contributed by atoms with Gasteiger partial charge in [-0.3, -0.25) is 0 Å². The van der Waals surface area contributed by atoms with Crippen molar-refractivity contribution in [1.29, 1.82) is 0 Å². The van der Waals surface area contributed by atoms with Crippen LogP contribution in [0.1, 0.15) is 52.0 Å². The third kappa shape index (κ3) is 3.34. The van der Waals surface area contributed by atoms with E-state index < -0.39 is 0 Å². The van der Waals surface area contributed by atoms with Gasteiger partial charge in [-0.15, -0.1) is 0 Å². The first-order chi connectivity index (χ1) is 10.9. The van der Waals surface area contributed by atoms with Crippen LogP contribution in [0, 0.1) is 0 Å². The Morgan fingerprint density at radius 1 is 1.13 bits per heavy atom. The van der Waals surface area contributed by atoms with Crippen LogP contribution in [-0.2, 0) is 5.41 Å². The smallest absolute Gasteiger partial charge is 0.143 e. The zero-order valence-electron chi connectivity index (χ0n) is 15.0. The average Bonchev–Trinajstić information content (AvgIpc) is 2.93. The summed E-state index contributed by atoms with van der Waals surface area (Å²) in [6.07, 6.45) is 8.62. The van der Waals surface area contributed by atoms with Crippen LogP contribution in [0.2, 0.25) is 0 Å². The molecule has 5 nitrogen and oxygen atoms in total. The molecule has 5 heteroatoms. The molecule has 3 rings (SSSR count). The van der Waals surface area contributed by atoms with Crippen molar-refractivity contribution in [3.8, 4) is 0 Å². The third-order valence-corrected chi connectivity index (χ3v) is 5.05. The monoisotopic (exact) mass is 315 g/mol. The number of H-pyrrole nitrogens is 1. The average molecular weight is 315 g/mol. The Morgan fingerprint density at radius 2 is 1.83 bits per heavy atom. The lowest BCUT2D eigenvalue weighted by atomic mass is 9.87. The van der Waals surface area contributed by atoms with Crippen LogP contribution >= 0.6 is 0 Å². The predicted molar refractivity (Wildman–Crippen MR) is 95.9 cm³/mol. The molecule has 0 spiro atoms. The molecule has 0 bridgehead atoms. The van der Waals surface area contributed by atoms with Crippen molar-refractivity contribution >= 4 is 16.9 Å². The second-order valence-corrected chi connectivity index (χ2v) is 8.01. The summed E-state index contributed by atoms with van der Waals surface area (Å²) in [6, 6.07) is 1.22. The van der Waals surface area contributed by atoms with Gasteiger partial charge in [0, 0.05) is 18.3 Å². The minimum Gasteiger partial charge on any atom is -0.367 e. The summed E-state index contributed by atoms with van der Waals surface area (Å²) >= 11 is 0. The number of nitrogens with zero attached hydrogens (tertiary/aromatic N) is 3. The minimum atomic E-state index is 0.0714. The van der Waals surface area contributed by atoms with Crippen molar-refractivity contribution in [2.45, 2.75) is 64.0 Å². The number of hydrogen-bond donors (Lipinski definition) is 2. The maximum atomic E-state index is 4.55. The molecule has 0 atom stereocenters. The van der Waals surface area contributed by atoms with Crippen molar-refractivity contribution in [3.05, 3.63) is 18.1 Å². The maximum Gasteiger partial charge on any atom is 0.143 e. The Bertz CT molecular complexity index is 660. The third-order valence-electron chi connectivity index (χ3n) is 5.05. The quantitative estimate of drug-likeness (QED) is 0.909. The molecule has 0 radical (unpaired) electrons. The van der Waals surface area contributed by atoms with E-state index in [2.05, 4.69) is 66.2 Å². The van der Waals surface area contributed by atoms with Crippen LogP contribution in [0.5, 0.6) is 0 Å². The molecule has 0 amide bonds. The molecule has 2 aromatic heterocycles. The van der Waals surface area contributed by atoms with E-state index in [1.807, 2.05) is 0 Å². The van der Waals surface area contributed by atoms with E-state index in [-0.39, 0.29) is 5.41 Å². The largest absolute Gasteiger partial charge is 0.367 e. The van der Waals surface area contributed by atoms with Crippen LogP contribution < -0.4 is 5.32 Å². The number of aromatic nitrogens is 3. The first kappa shape index (κ1) is 16.2. The van der Waals surface area contributed by atoms with E-state index in [1.54, 1.807) is 6.33 Å². The van der Waals surface area contributed by atoms with Crippen LogP contribution in [0.15, 0.2) is 12.5 Å². The summed E-state index contributed by atoms with van der Waals surface area (Å²) < 4.78 is 0. The Labute approximate surface area is 138 Å². The first-order valence-corrected chi connectivity index (χ1v) is 8.62. The molecular formula is C18H29N5. The predicted octanol–water partition coefficient (Wildman–Crippen LogP) is 3.54. The highest BCUT2D eigenvalue weighted by Crippen LogP contribution is 2.34. The lowest BCUT2D eigenvalue weighted by Gasteiger charge is -2.33. The molecular weight excluding hydrogens is 286 g/mol. The van der Waals surface area contributed by atoms with Crippen LogP contribution in [0.25, 0.3) is 11.0 Å². The number of aromatic amines is 1. The molecule has 0 unspecified atom stereocenters. The van der Waals surface area contributed by atoms with Gasteiger partial charge in [0.15, 0.2) is 0 Å². The molecule has 1 saturated carbocycles. The minimum absolute atomic E-state index is 0.0714. The Balaban J connectivity index is 1.82. The van der Waals surface area contributed by atoms with E-state index >= 15 is 0 Å². The van der Waals surface area contributed by atoms with Gasteiger partial charge in [0.2, 0.25) is 0 Å². The van der Waals surface area contributed by atoms with E-state index in [1.165, 1.54) is 31.2 Å². The van der Waals surface area contributed by atoms with Gasteiger partial charge in [-0.2, -0.15) is 0 Å². The first-order valence-electron chi connectivity index (χ1n) is 8.62. The fraction of sp³-hybridized carbons (Fsp3) is 0.667. The van der Waals surface area contributed by atoms with E-state index in [4.69, 9.17) is 0 Å². The number of rotatable bonds is 3. The molecule has 2 heterocycles. The normalized spacial score (nSPS) is 22.7. The van der Waals surface area contributed by atoms with Crippen LogP contribution in [-0.4, -0.2) is 46.0 Å². The number of fused-ring (bicyclic) bond motifs is 1. The summed E-state index contributed by atoms with van der Waals surface area (Å²) in [6.45, 7) is 6.69. The second kappa shape index (κ2) is 6.11. The lowest BCUT2D eigenvalue weighted by molar-refractivity contribution is 0.221. The van der Waals surface area contributed by atoms with Gasteiger partial charge < -0.3 is 15.2 Å². The summed E-state index contributed by atoms with van der Waals surface area (Å²) in [4.78, 5) is 14.6. The fourth-order valence-electron chi connectivity index (χ4n) is 3.59. The molecule has 126 valence electrons. The van der Waals surface area contributed by atoms with Gasteiger partial charge in [0.05, 0.1) is 5.39 Å². The van der Waals surface area contributed by atoms with Crippen LogP contribution in [0.4, 0.5) is 5.82 Å². The lowest BCUT2D eigenvalue weighted by Crippen LogP contribution is -2.36. The molecule has 0 saturated heterocycles. The van der Waals surface area contributed by atoms with Gasteiger partial charge >= 0.3 is 0 Å². The van der Waals surface area contributed by atoms with E-state index in [0.717, 1.165) is 22.9 Å².